The summed E-state index contributed by atoms with van der Waals surface area (Å²) in [6.45, 7) is 2.41. The van der Waals surface area contributed by atoms with Gasteiger partial charge in [-0.15, -0.1) is 0 Å². The first-order chi connectivity index (χ1) is 10.3. The fourth-order valence-electron chi connectivity index (χ4n) is 2.17. The Morgan fingerprint density at radius 1 is 1.00 bits per heavy atom. The Balaban J connectivity index is 1.80. The third-order valence-electron chi connectivity index (χ3n) is 3.23. The Morgan fingerprint density at radius 3 is 2.71 bits per heavy atom. The van der Waals surface area contributed by atoms with Gasteiger partial charge in [-0.2, -0.15) is 0 Å². The number of ether oxygens (including phenoxy) is 1. The number of halogens is 1. The lowest BCUT2D eigenvalue weighted by Crippen LogP contribution is -2.02. The summed E-state index contributed by atoms with van der Waals surface area (Å²) in [6, 6.07) is 16.1. The summed E-state index contributed by atoms with van der Waals surface area (Å²) in [5.74, 6) is 0.799. The summed E-state index contributed by atoms with van der Waals surface area (Å²) < 4.78 is 5.86. The van der Waals surface area contributed by atoms with Crippen LogP contribution >= 0.6 is 15.9 Å². The predicted octanol–water partition coefficient (Wildman–Crippen LogP) is 4.41. The zero-order chi connectivity index (χ0) is 14.7. The third kappa shape index (κ3) is 3.22. The van der Waals surface area contributed by atoms with Gasteiger partial charge >= 0.3 is 0 Å². The van der Waals surface area contributed by atoms with Gasteiger partial charge in [-0.3, -0.25) is 4.98 Å². The lowest BCUT2D eigenvalue weighted by atomic mass is 10.2. The molecule has 0 spiro atoms. The number of fused-ring (bicyclic) bond motifs is 1. The first-order valence-corrected chi connectivity index (χ1v) is 7.88. The second kappa shape index (κ2) is 6.22. The molecule has 0 aliphatic rings. The van der Waals surface area contributed by atoms with Gasteiger partial charge in [0.2, 0.25) is 0 Å². The number of nitrogens with zero attached hydrogens (tertiary/aromatic N) is 2. The topological polar surface area (TPSA) is 35.0 Å². The molecule has 1 aromatic carbocycles. The van der Waals surface area contributed by atoms with Crippen LogP contribution < -0.4 is 4.74 Å². The van der Waals surface area contributed by atoms with Crippen LogP contribution in [0.1, 0.15) is 17.1 Å². The normalized spacial score (nSPS) is 10.8. The summed E-state index contributed by atoms with van der Waals surface area (Å²) in [6.07, 6.45) is 0. The molecule has 0 atom stereocenters. The SMILES string of the molecule is Cc1ccc(OCc2ccc3ccccc3n2)c(CBr)n1. The number of hydrogen-bond acceptors (Lipinski definition) is 3. The number of benzene rings is 1. The van der Waals surface area contributed by atoms with Crippen molar-refractivity contribution in [3.05, 3.63) is 65.6 Å². The first-order valence-electron chi connectivity index (χ1n) is 6.76. The van der Waals surface area contributed by atoms with Crippen molar-refractivity contribution in [2.24, 2.45) is 0 Å². The molecule has 0 saturated carbocycles. The van der Waals surface area contributed by atoms with Crippen LogP contribution in [0, 0.1) is 6.92 Å². The zero-order valence-electron chi connectivity index (χ0n) is 11.7. The van der Waals surface area contributed by atoms with Crippen molar-refractivity contribution >= 4 is 26.8 Å². The highest BCUT2D eigenvalue weighted by atomic mass is 79.9. The van der Waals surface area contributed by atoms with E-state index in [1.54, 1.807) is 0 Å². The van der Waals surface area contributed by atoms with Crippen molar-refractivity contribution in [2.75, 3.05) is 0 Å². The Kier molecular flexibility index (Phi) is 4.15. The number of aromatic nitrogens is 2. The summed E-state index contributed by atoms with van der Waals surface area (Å²) >= 11 is 3.44. The summed E-state index contributed by atoms with van der Waals surface area (Å²) in [7, 11) is 0. The largest absolute Gasteiger partial charge is 0.485 e. The molecule has 3 nitrogen and oxygen atoms in total. The van der Waals surface area contributed by atoms with Crippen LogP contribution in [0.4, 0.5) is 0 Å². The molecular weight excluding hydrogens is 328 g/mol. The van der Waals surface area contributed by atoms with E-state index in [2.05, 4.69) is 38.0 Å². The van der Waals surface area contributed by atoms with Gasteiger partial charge in [-0.1, -0.05) is 40.2 Å². The number of hydrogen-bond donors (Lipinski definition) is 0. The van der Waals surface area contributed by atoms with Crippen molar-refractivity contribution in [3.63, 3.8) is 0 Å². The molecule has 2 aromatic heterocycles. The van der Waals surface area contributed by atoms with Crippen LogP contribution in [0.15, 0.2) is 48.5 Å². The van der Waals surface area contributed by atoms with E-state index in [-0.39, 0.29) is 0 Å². The van der Waals surface area contributed by atoms with E-state index in [0.717, 1.165) is 33.7 Å². The van der Waals surface area contributed by atoms with Gasteiger partial charge in [0.15, 0.2) is 0 Å². The molecule has 21 heavy (non-hydrogen) atoms. The molecule has 0 fully saturated rings. The molecule has 0 aliphatic heterocycles. The van der Waals surface area contributed by atoms with Crippen molar-refractivity contribution in [1.82, 2.24) is 9.97 Å². The Hall–Kier alpha value is -1.94. The zero-order valence-corrected chi connectivity index (χ0v) is 13.3. The predicted molar refractivity (Wildman–Crippen MR) is 87.7 cm³/mol. The van der Waals surface area contributed by atoms with E-state index < -0.39 is 0 Å². The van der Waals surface area contributed by atoms with Crippen LogP contribution in [0.25, 0.3) is 10.9 Å². The number of aryl methyl sites for hydroxylation is 1. The average Bonchev–Trinajstić information content (AvgIpc) is 2.53. The quantitative estimate of drug-likeness (QED) is 0.658. The van der Waals surface area contributed by atoms with E-state index in [1.807, 2.05) is 43.3 Å². The van der Waals surface area contributed by atoms with Gasteiger partial charge in [-0.25, -0.2) is 4.98 Å². The fourth-order valence-corrected chi connectivity index (χ4v) is 2.57. The van der Waals surface area contributed by atoms with Gasteiger partial charge in [-0.05, 0) is 31.2 Å². The van der Waals surface area contributed by atoms with Crippen molar-refractivity contribution < 1.29 is 4.74 Å². The molecule has 106 valence electrons. The maximum atomic E-state index is 5.86. The van der Waals surface area contributed by atoms with Gasteiger partial charge in [0.05, 0.1) is 16.9 Å². The molecule has 0 bridgehead atoms. The maximum absolute atomic E-state index is 5.86. The van der Waals surface area contributed by atoms with Crippen LogP contribution in [0.3, 0.4) is 0 Å². The van der Waals surface area contributed by atoms with E-state index in [4.69, 9.17) is 4.74 Å². The highest BCUT2D eigenvalue weighted by Crippen LogP contribution is 2.21. The molecule has 0 radical (unpaired) electrons. The standard InChI is InChI=1S/C17H15BrN2O/c1-12-6-9-17(16(10-18)19-12)21-11-14-8-7-13-4-2-3-5-15(13)20-14/h2-9H,10-11H2,1H3. The molecule has 0 aliphatic carbocycles. The van der Waals surface area contributed by atoms with Gasteiger partial charge < -0.3 is 4.74 Å². The Bertz CT molecular complexity index is 774. The molecule has 0 saturated heterocycles. The second-order valence-electron chi connectivity index (χ2n) is 4.82. The average molecular weight is 343 g/mol. The molecule has 4 heteroatoms. The Labute approximate surface area is 132 Å². The smallest absolute Gasteiger partial charge is 0.142 e. The minimum atomic E-state index is 0.440. The lowest BCUT2D eigenvalue weighted by Gasteiger charge is -2.10. The van der Waals surface area contributed by atoms with Gasteiger partial charge in [0.1, 0.15) is 12.4 Å². The van der Waals surface area contributed by atoms with Crippen molar-refractivity contribution in [3.8, 4) is 5.75 Å². The number of pyridine rings is 2. The van der Waals surface area contributed by atoms with Crippen LogP contribution in [0.5, 0.6) is 5.75 Å². The fraction of sp³-hybridized carbons (Fsp3) is 0.176. The van der Waals surface area contributed by atoms with Crippen LogP contribution in [0.2, 0.25) is 0 Å². The third-order valence-corrected chi connectivity index (χ3v) is 3.76. The van der Waals surface area contributed by atoms with E-state index >= 15 is 0 Å². The highest BCUT2D eigenvalue weighted by Gasteiger charge is 2.06. The number of para-hydroxylation sites is 1. The summed E-state index contributed by atoms with van der Waals surface area (Å²) in [5, 5.41) is 1.81. The lowest BCUT2D eigenvalue weighted by molar-refractivity contribution is 0.298. The van der Waals surface area contributed by atoms with Crippen LogP contribution in [-0.4, -0.2) is 9.97 Å². The molecule has 2 heterocycles. The van der Waals surface area contributed by atoms with Crippen molar-refractivity contribution in [2.45, 2.75) is 18.9 Å². The number of alkyl halides is 1. The molecule has 0 N–H and O–H groups in total. The minimum absolute atomic E-state index is 0.440. The van der Waals surface area contributed by atoms with Crippen LogP contribution in [-0.2, 0) is 11.9 Å². The monoisotopic (exact) mass is 342 g/mol. The van der Waals surface area contributed by atoms with E-state index in [1.165, 1.54) is 0 Å². The molecule has 3 rings (SSSR count). The van der Waals surface area contributed by atoms with Crippen molar-refractivity contribution in [1.29, 1.82) is 0 Å². The maximum Gasteiger partial charge on any atom is 0.142 e. The minimum Gasteiger partial charge on any atom is -0.485 e. The highest BCUT2D eigenvalue weighted by molar-refractivity contribution is 9.08. The van der Waals surface area contributed by atoms with Gasteiger partial charge in [0.25, 0.3) is 0 Å². The molecular formula is C17H15BrN2O. The second-order valence-corrected chi connectivity index (χ2v) is 5.38. The number of rotatable bonds is 4. The van der Waals surface area contributed by atoms with Gasteiger partial charge in [0, 0.05) is 16.4 Å². The molecule has 3 aromatic rings. The molecule has 0 unspecified atom stereocenters. The Morgan fingerprint density at radius 2 is 1.86 bits per heavy atom. The molecule has 0 amide bonds. The van der Waals surface area contributed by atoms with E-state index in [9.17, 15) is 0 Å². The first kappa shape index (κ1) is 14.0. The summed E-state index contributed by atoms with van der Waals surface area (Å²) in [5.41, 5.74) is 3.80. The van der Waals surface area contributed by atoms with E-state index in [0.29, 0.717) is 11.9 Å². The summed E-state index contributed by atoms with van der Waals surface area (Å²) in [4.78, 5) is 9.07.